The standard InChI is InChI=1S/C25H22N2O3S/c1-17-10-14-22(15-11-17)31(29,30)27-24-9-5-8-23(18(24)2)25(28)26-21-13-12-19-6-3-4-7-20(19)16-21/h3-16,27H,1-2H3,(H,26,28). The molecule has 1 amide bonds. The average Bonchev–Trinajstić information content (AvgIpc) is 2.75. The van der Waals surface area contributed by atoms with E-state index in [4.69, 9.17) is 0 Å². The van der Waals surface area contributed by atoms with Gasteiger partial charge < -0.3 is 5.32 Å². The third kappa shape index (κ3) is 4.44. The van der Waals surface area contributed by atoms with E-state index >= 15 is 0 Å². The van der Waals surface area contributed by atoms with Crippen LogP contribution >= 0.6 is 0 Å². The highest BCUT2D eigenvalue weighted by atomic mass is 32.2. The van der Waals surface area contributed by atoms with Crippen LogP contribution in [0.2, 0.25) is 0 Å². The lowest BCUT2D eigenvalue weighted by molar-refractivity contribution is 0.102. The Morgan fingerprint density at radius 3 is 2.23 bits per heavy atom. The number of carbonyl (C=O) groups is 1. The monoisotopic (exact) mass is 430 g/mol. The first-order valence-corrected chi connectivity index (χ1v) is 11.3. The Balaban J connectivity index is 1.59. The molecule has 0 aliphatic carbocycles. The van der Waals surface area contributed by atoms with Gasteiger partial charge in [-0.05, 0) is 66.6 Å². The fourth-order valence-electron chi connectivity index (χ4n) is 3.38. The van der Waals surface area contributed by atoms with Gasteiger partial charge in [0, 0.05) is 11.3 Å². The first-order valence-electron chi connectivity index (χ1n) is 9.83. The number of anilines is 2. The summed E-state index contributed by atoms with van der Waals surface area (Å²) in [5, 5.41) is 5.01. The summed E-state index contributed by atoms with van der Waals surface area (Å²) in [6.45, 7) is 3.62. The lowest BCUT2D eigenvalue weighted by Crippen LogP contribution is -2.17. The van der Waals surface area contributed by atoms with Crippen LogP contribution in [0.3, 0.4) is 0 Å². The lowest BCUT2D eigenvalue weighted by Gasteiger charge is -2.14. The van der Waals surface area contributed by atoms with Crippen LogP contribution in [0.15, 0.2) is 89.8 Å². The summed E-state index contributed by atoms with van der Waals surface area (Å²) in [5.41, 5.74) is 2.97. The van der Waals surface area contributed by atoms with Crippen molar-refractivity contribution in [2.45, 2.75) is 18.7 Å². The minimum atomic E-state index is -3.76. The van der Waals surface area contributed by atoms with E-state index in [0.717, 1.165) is 16.3 Å². The molecule has 0 spiro atoms. The molecule has 0 saturated heterocycles. The van der Waals surface area contributed by atoms with E-state index in [9.17, 15) is 13.2 Å². The van der Waals surface area contributed by atoms with Crippen LogP contribution < -0.4 is 10.0 Å². The van der Waals surface area contributed by atoms with Crippen molar-refractivity contribution < 1.29 is 13.2 Å². The molecule has 0 saturated carbocycles. The normalized spacial score (nSPS) is 11.3. The van der Waals surface area contributed by atoms with Gasteiger partial charge in [0.05, 0.1) is 10.6 Å². The smallest absolute Gasteiger partial charge is 0.261 e. The second-order valence-corrected chi connectivity index (χ2v) is 9.10. The van der Waals surface area contributed by atoms with Crippen LogP contribution in [-0.2, 0) is 10.0 Å². The third-order valence-electron chi connectivity index (χ3n) is 5.16. The maximum Gasteiger partial charge on any atom is 0.261 e. The number of rotatable bonds is 5. The molecule has 31 heavy (non-hydrogen) atoms. The molecular weight excluding hydrogens is 408 g/mol. The molecule has 0 atom stereocenters. The zero-order valence-corrected chi connectivity index (χ0v) is 18.0. The number of aryl methyl sites for hydroxylation is 1. The molecule has 5 nitrogen and oxygen atoms in total. The van der Waals surface area contributed by atoms with Gasteiger partial charge in [0.1, 0.15) is 0 Å². The molecule has 0 unspecified atom stereocenters. The number of nitrogens with one attached hydrogen (secondary N) is 2. The van der Waals surface area contributed by atoms with Crippen LogP contribution in [0.1, 0.15) is 21.5 Å². The molecule has 0 fully saturated rings. The summed E-state index contributed by atoms with van der Waals surface area (Å²) in [6, 6.07) is 25.2. The highest BCUT2D eigenvalue weighted by Gasteiger charge is 2.18. The van der Waals surface area contributed by atoms with Gasteiger partial charge >= 0.3 is 0 Å². The Bertz CT molecular complexity index is 1380. The molecule has 4 rings (SSSR count). The number of carbonyl (C=O) groups excluding carboxylic acids is 1. The summed E-state index contributed by atoms with van der Waals surface area (Å²) < 4.78 is 28.1. The zero-order valence-electron chi connectivity index (χ0n) is 17.2. The van der Waals surface area contributed by atoms with E-state index < -0.39 is 10.0 Å². The Kier molecular flexibility index (Phi) is 5.48. The molecule has 0 aliphatic rings. The third-order valence-corrected chi connectivity index (χ3v) is 6.54. The minimum Gasteiger partial charge on any atom is -0.322 e. The zero-order chi connectivity index (χ0) is 22.0. The molecule has 4 aromatic rings. The van der Waals surface area contributed by atoms with E-state index in [-0.39, 0.29) is 10.8 Å². The molecule has 4 aromatic carbocycles. The molecule has 2 N–H and O–H groups in total. The van der Waals surface area contributed by atoms with Gasteiger partial charge in [0.25, 0.3) is 15.9 Å². The van der Waals surface area contributed by atoms with Crippen molar-refractivity contribution in [3.05, 3.63) is 102 Å². The first-order chi connectivity index (χ1) is 14.8. The molecule has 156 valence electrons. The number of hydrogen-bond acceptors (Lipinski definition) is 3. The predicted molar refractivity (Wildman–Crippen MR) is 125 cm³/mol. The Morgan fingerprint density at radius 1 is 0.774 bits per heavy atom. The van der Waals surface area contributed by atoms with Crippen LogP contribution in [0.25, 0.3) is 10.8 Å². The second-order valence-electron chi connectivity index (χ2n) is 7.41. The summed E-state index contributed by atoms with van der Waals surface area (Å²) >= 11 is 0. The van der Waals surface area contributed by atoms with Crippen molar-refractivity contribution in [3.63, 3.8) is 0 Å². The molecule has 0 bridgehead atoms. The molecule has 6 heteroatoms. The van der Waals surface area contributed by atoms with Crippen LogP contribution in [0.5, 0.6) is 0 Å². The summed E-state index contributed by atoms with van der Waals surface area (Å²) in [4.78, 5) is 13.1. The van der Waals surface area contributed by atoms with E-state index in [1.54, 1.807) is 49.4 Å². The van der Waals surface area contributed by atoms with Crippen molar-refractivity contribution in [1.29, 1.82) is 0 Å². The van der Waals surface area contributed by atoms with Gasteiger partial charge in [-0.1, -0.05) is 54.1 Å². The van der Waals surface area contributed by atoms with Gasteiger partial charge in [-0.15, -0.1) is 0 Å². The molecule has 0 heterocycles. The van der Waals surface area contributed by atoms with Crippen molar-refractivity contribution in [2.75, 3.05) is 10.0 Å². The Morgan fingerprint density at radius 2 is 1.48 bits per heavy atom. The summed E-state index contributed by atoms with van der Waals surface area (Å²) in [6.07, 6.45) is 0. The number of amides is 1. The topological polar surface area (TPSA) is 75.3 Å². The summed E-state index contributed by atoms with van der Waals surface area (Å²) in [7, 11) is -3.76. The van der Waals surface area contributed by atoms with Crippen molar-refractivity contribution in [3.8, 4) is 0 Å². The molecule has 0 aromatic heterocycles. The number of fused-ring (bicyclic) bond motifs is 1. The number of benzene rings is 4. The van der Waals surface area contributed by atoms with Crippen molar-refractivity contribution in [2.24, 2.45) is 0 Å². The van der Waals surface area contributed by atoms with Gasteiger partial charge in [-0.3, -0.25) is 9.52 Å². The predicted octanol–water partition coefficient (Wildman–Crippen LogP) is 5.51. The van der Waals surface area contributed by atoms with Crippen molar-refractivity contribution in [1.82, 2.24) is 0 Å². The van der Waals surface area contributed by atoms with E-state index in [0.29, 0.717) is 22.5 Å². The Hall–Kier alpha value is -3.64. The fraction of sp³-hybridized carbons (Fsp3) is 0.0800. The summed E-state index contributed by atoms with van der Waals surface area (Å²) in [5.74, 6) is -0.302. The van der Waals surface area contributed by atoms with Gasteiger partial charge in [0.15, 0.2) is 0 Å². The van der Waals surface area contributed by atoms with Gasteiger partial charge in [-0.2, -0.15) is 0 Å². The quantitative estimate of drug-likeness (QED) is 0.438. The highest BCUT2D eigenvalue weighted by molar-refractivity contribution is 7.92. The van der Waals surface area contributed by atoms with Crippen molar-refractivity contribution >= 4 is 38.1 Å². The Labute approximate surface area is 181 Å². The molecule has 0 radical (unpaired) electrons. The molecular formula is C25H22N2O3S. The van der Waals surface area contributed by atoms with Gasteiger partial charge in [-0.25, -0.2) is 8.42 Å². The maximum atomic E-state index is 12.9. The van der Waals surface area contributed by atoms with Crippen LogP contribution in [0.4, 0.5) is 11.4 Å². The largest absolute Gasteiger partial charge is 0.322 e. The minimum absolute atomic E-state index is 0.170. The maximum absolute atomic E-state index is 12.9. The highest BCUT2D eigenvalue weighted by Crippen LogP contribution is 2.25. The fourth-order valence-corrected chi connectivity index (χ4v) is 4.50. The first kappa shape index (κ1) is 20.6. The number of hydrogen-bond donors (Lipinski definition) is 2. The van der Waals surface area contributed by atoms with E-state index in [1.807, 2.05) is 49.4 Å². The lowest BCUT2D eigenvalue weighted by atomic mass is 10.1. The van der Waals surface area contributed by atoms with E-state index in [1.165, 1.54) is 0 Å². The molecule has 0 aliphatic heterocycles. The van der Waals surface area contributed by atoms with Gasteiger partial charge in [0.2, 0.25) is 0 Å². The van der Waals surface area contributed by atoms with Crippen LogP contribution in [-0.4, -0.2) is 14.3 Å². The van der Waals surface area contributed by atoms with Crippen LogP contribution in [0, 0.1) is 13.8 Å². The van der Waals surface area contributed by atoms with E-state index in [2.05, 4.69) is 10.0 Å². The SMILES string of the molecule is Cc1ccc(S(=O)(=O)Nc2cccc(C(=O)Nc3ccc4ccccc4c3)c2C)cc1. The number of sulfonamides is 1. The second kappa shape index (κ2) is 8.24. The average molecular weight is 431 g/mol.